The summed E-state index contributed by atoms with van der Waals surface area (Å²) in [7, 11) is 1.65. The van der Waals surface area contributed by atoms with E-state index in [1.807, 2.05) is 0 Å². The first-order valence-corrected chi connectivity index (χ1v) is 6.27. The summed E-state index contributed by atoms with van der Waals surface area (Å²) in [4.78, 5) is 0. The first-order valence-electron chi connectivity index (χ1n) is 6.27. The average Bonchev–Trinajstić information content (AvgIpc) is 2.81. The molecule has 0 saturated carbocycles. The molecule has 2 rings (SSSR count). The zero-order valence-corrected chi connectivity index (χ0v) is 10.4. The van der Waals surface area contributed by atoms with Gasteiger partial charge in [-0.3, -0.25) is 0 Å². The SMILES string of the molecule is COCC(CO)NCc1ccc2c(c1)CCC2. The Bertz CT molecular complexity index is 365. The molecule has 0 amide bonds. The first-order chi connectivity index (χ1) is 8.33. The largest absolute Gasteiger partial charge is 0.395 e. The molecule has 2 N–H and O–H groups in total. The summed E-state index contributed by atoms with van der Waals surface area (Å²) in [6, 6.07) is 6.73. The van der Waals surface area contributed by atoms with Crippen LogP contribution in [0.1, 0.15) is 23.1 Å². The van der Waals surface area contributed by atoms with E-state index in [9.17, 15) is 0 Å². The van der Waals surface area contributed by atoms with Crippen LogP contribution in [0.15, 0.2) is 18.2 Å². The average molecular weight is 235 g/mol. The van der Waals surface area contributed by atoms with Crippen LogP contribution in [-0.2, 0) is 24.1 Å². The molecular weight excluding hydrogens is 214 g/mol. The second kappa shape index (κ2) is 6.15. The number of aliphatic hydroxyl groups is 1. The lowest BCUT2D eigenvalue weighted by Crippen LogP contribution is -2.35. The zero-order valence-electron chi connectivity index (χ0n) is 10.4. The number of hydrogen-bond acceptors (Lipinski definition) is 3. The van der Waals surface area contributed by atoms with Gasteiger partial charge in [0.15, 0.2) is 0 Å². The van der Waals surface area contributed by atoms with Gasteiger partial charge in [0.05, 0.1) is 19.3 Å². The van der Waals surface area contributed by atoms with Crippen molar-refractivity contribution in [3.63, 3.8) is 0 Å². The molecule has 1 aromatic carbocycles. The lowest BCUT2D eigenvalue weighted by molar-refractivity contribution is 0.128. The number of aliphatic hydroxyl groups excluding tert-OH is 1. The van der Waals surface area contributed by atoms with Crippen LogP contribution in [0.25, 0.3) is 0 Å². The first kappa shape index (κ1) is 12.6. The third kappa shape index (κ3) is 3.28. The Morgan fingerprint density at radius 2 is 2.18 bits per heavy atom. The molecule has 1 unspecified atom stereocenters. The number of ether oxygens (including phenoxy) is 1. The monoisotopic (exact) mass is 235 g/mol. The molecule has 3 nitrogen and oxygen atoms in total. The molecule has 1 aromatic rings. The summed E-state index contributed by atoms with van der Waals surface area (Å²) in [5, 5.41) is 12.5. The van der Waals surface area contributed by atoms with Gasteiger partial charge >= 0.3 is 0 Å². The number of nitrogens with one attached hydrogen (secondary N) is 1. The minimum Gasteiger partial charge on any atom is -0.395 e. The highest BCUT2D eigenvalue weighted by molar-refractivity contribution is 5.35. The van der Waals surface area contributed by atoms with E-state index in [-0.39, 0.29) is 12.6 Å². The molecule has 0 aliphatic heterocycles. The van der Waals surface area contributed by atoms with Gasteiger partial charge in [0, 0.05) is 13.7 Å². The normalized spacial score (nSPS) is 15.9. The molecule has 0 spiro atoms. The maximum atomic E-state index is 9.15. The van der Waals surface area contributed by atoms with E-state index in [1.165, 1.54) is 36.0 Å². The van der Waals surface area contributed by atoms with Gasteiger partial charge in [0.1, 0.15) is 0 Å². The minimum atomic E-state index is 0.0215. The van der Waals surface area contributed by atoms with Crippen LogP contribution < -0.4 is 5.32 Å². The highest BCUT2D eigenvalue weighted by atomic mass is 16.5. The smallest absolute Gasteiger partial charge is 0.0638 e. The van der Waals surface area contributed by atoms with Crippen LogP contribution in [0, 0.1) is 0 Å². The molecule has 17 heavy (non-hydrogen) atoms. The van der Waals surface area contributed by atoms with Crippen molar-refractivity contribution < 1.29 is 9.84 Å². The van der Waals surface area contributed by atoms with Crippen molar-refractivity contribution in [3.05, 3.63) is 34.9 Å². The van der Waals surface area contributed by atoms with Gasteiger partial charge in [-0.2, -0.15) is 0 Å². The van der Waals surface area contributed by atoms with Gasteiger partial charge in [0.25, 0.3) is 0 Å². The molecule has 0 radical (unpaired) electrons. The molecule has 3 heteroatoms. The summed E-state index contributed by atoms with van der Waals surface area (Å²) in [5.41, 5.74) is 4.29. The molecule has 94 valence electrons. The van der Waals surface area contributed by atoms with Crippen molar-refractivity contribution in [1.82, 2.24) is 5.32 Å². The summed E-state index contributed by atoms with van der Waals surface area (Å²) in [5.74, 6) is 0. The third-order valence-electron chi connectivity index (χ3n) is 3.35. The number of rotatable bonds is 6. The number of aryl methyl sites for hydroxylation is 2. The molecule has 0 fully saturated rings. The fourth-order valence-corrected chi connectivity index (χ4v) is 2.37. The Labute approximate surface area is 103 Å². The fourth-order valence-electron chi connectivity index (χ4n) is 2.37. The van der Waals surface area contributed by atoms with Crippen molar-refractivity contribution >= 4 is 0 Å². The van der Waals surface area contributed by atoms with Crippen molar-refractivity contribution in [1.29, 1.82) is 0 Å². The summed E-state index contributed by atoms with van der Waals surface area (Å²) >= 11 is 0. The van der Waals surface area contributed by atoms with E-state index in [4.69, 9.17) is 9.84 Å². The van der Waals surface area contributed by atoms with Crippen LogP contribution >= 0.6 is 0 Å². The Kier molecular flexibility index (Phi) is 4.54. The third-order valence-corrected chi connectivity index (χ3v) is 3.35. The Balaban J connectivity index is 1.90. The van der Waals surface area contributed by atoms with Gasteiger partial charge in [-0.25, -0.2) is 0 Å². The van der Waals surface area contributed by atoms with Gasteiger partial charge in [-0.15, -0.1) is 0 Å². The molecule has 0 bridgehead atoms. The molecule has 0 aromatic heterocycles. The van der Waals surface area contributed by atoms with E-state index < -0.39 is 0 Å². The Hall–Kier alpha value is -0.900. The molecule has 1 aliphatic carbocycles. The predicted molar refractivity (Wildman–Crippen MR) is 68.1 cm³/mol. The molecule has 1 atom stereocenters. The van der Waals surface area contributed by atoms with Gasteiger partial charge < -0.3 is 15.2 Å². The van der Waals surface area contributed by atoms with E-state index >= 15 is 0 Å². The topological polar surface area (TPSA) is 41.5 Å². The van der Waals surface area contributed by atoms with Crippen LogP contribution in [0.3, 0.4) is 0 Å². The van der Waals surface area contributed by atoms with E-state index in [0.29, 0.717) is 6.61 Å². The van der Waals surface area contributed by atoms with Crippen molar-refractivity contribution in [2.45, 2.75) is 31.8 Å². The summed E-state index contributed by atoms with van der Waals surface area (Å²) in [6.45, 7) is 1.45. The zero-order chi connectivity index (χ0) is 12.1. The summed E-state index contributed by atoms with van der Waals surface area (Å²) in [6.07, 6.45) is 3.73. The second-order valence-electron chi connectivity index (χ2n) is 4.67. The highest BCUT2D eigenvalue weighted by Crippen LogP contribution is 2.22. The molecule has 1 aliphatic rings. The lowest BCUT2D eigenvalue weighted by atomic mass is 10.1. The second-order valence-corrected chi connectivity index (χ2v) is 4.67. The van der Waals surface area contributed by atoms with E-state index in [2.05, 4.69) is 23.5 Å². The van der Waals surface area contributed by atoms with E-state index in [0.717, 1.165) is 6.54 Å². The minimum absolute atomic E-state index is 0.0215. The van der Waals surface area contributed by atoms with Gasteiger partial charge in [0.2, 0.25) is 0 Å². The predicted octanol–water partition coefficient (Wildman–Crippen LogP) is 1.27. The van der Waals surface area contributed by atoms with Crippen LogP contribution in [0.5, 0.6) is 0 Å². The Morgan fingerprint density at radius 3 is 2.94 bits per heavy atom. The van der Waals surface area contributed by atoms with Crippen molar-refractivity contribution in [2.24, 2.45) is 0 Å². The Morgan fingerprint density at radius 1 is 1.35 bits per heavy atom. The maximum Gasteiger partial charge on any atom is 0.0638 e. The number of methoxy groups -OCH3 is 1. The quantitative estimate of drug-likeness (QED) is 0.780. The van der Waals surface area contributed by atoms with Gasteiger partial charge in [-0.05, 0) is 36.0 Å². The number of hydrogen-bond donors (Lipinski definition) is 2. The summed E-state index contributed by atoms with van der Waals surface area (Å²) < 4.78 is 5.03. The van der Waals surface area contributed by atoms with E-state index in [1.54, 1.807) is 7.11 Å². The maximum absolute atomic E-state index is 9.15. The molecule has 0 saturated heterocycles. The fraction of sp³-hybridized carbons (Fsp3) is 0.571. The van der Waals surface area contributed by atoms with Crippen molar-refractivity contribution in [2.75, 3.05) is 20.3 Å². The number of benzene rings is 1. The lowest BCUT2D eigenvalue weighted by Gasteiger charge is -2.15. The van der Waals surface area contributed by atoms with Crippen LogP contribution in [0.4, 0.5) is 0 Å². The highest BCUT2D eigenvalue weighted by Gasteiger charge is 2.11. The van der Waals surface area contributed by atoms with Gasteiger partial charge in [-0.1, -0.05) is 18.2 Å². The van der Waals surface area contributed by atoms with Crippen LogP contribution in [0.2, 0.25) is 0 Å². The standard InChI is InChI=1S/C14H21NO2/c1-17-10-14(9-16)15-8-11-5-6-12-3-2-4-13(12)7-11/h5-7,14-16H,2-4,8-10H2,1H3. The number of fused-ring (bicyclic) bond motifs is 1. The van der Waals surface area contributed by atoms with Crippen LogP contribution in [-0.4, -0.2) is 31.5 Å². The molecule has 0 heterocycles. The van der Waals surface area contributed by atoms with Crippen molar-refractivity contribution in [3.8, 4) is 0 Å². The molecular formula is C14H21NO2.